The van der Waals surface area contributed by atoms with Crippen LogP contribution in [0.25, 0.3) is 0 Å². The van der Waals surface area contributed by atoms with Gasteiger partial charge in [-0.1, -0.05) is 11.3 Å². The summed E-state index contributed by atoms with van der Waals surface area (Å²) in [7, 11) is 1.52. The molecule has 0 saturated heterocycles. The first-order valence-corrected chi connectivity index (χ1v) is 5.75. The van der Waals surface area contributed by atoms with Crippen molar-refractivity contribution in [1.82, 2.24) is 15.5 Å². The molecule has 8 heteroatoms. The van der Waals surface area contributed by atoms with E-state index in [1.807, 2.05) is 0 Å². The Balaban J connectivity index is 2.44. The van der Waals surface area contributed by atoms with Crippen LogP contribution in [-0.4, -0.2) is 41.8 Å². The van der Waals surface area contributed by atoms with Gasteiger partial charge in [0, 0.05) is 13.2 Å². The molecule has 2 N–H and O–H groups in total. The second-order valence-corrected chi connectivity index (χ2v) is 4.59. The number of anilines is 1. The van der Waals surface area contributed by atoms with Crippen LogP contribution in [0.4, 0.5) is 5.13 Å². The lowest BCUT2D eigenvalue weighted by atomic mass is 10.3. The number of hydrogen-bond acceptors (Lipinski definition) is 6. The summed E-state index contributed by atoms with van der Waals surface area (Å²) in [6.45, 7) is 3.84. The fourth-order valence-corrected chi connectivity index (χ4v) is 1.67. The second-order valence-electron chi connectivity index (χ2n) is 3.41. The molecule has 1 heterocycles. The average molecular weight is 258 g/mol. The first-order valence-electron chi connectivity index (χ1n) is 4.93. The summed E-state index contributed by atoms with van der Waals surface area (Å²) in [6.07, 6.45) is 0. The SMILES string of the molecule is COC[C@@H](C)NC(=O)C(=O)Nc1nnc(C)s1. The number of aromatic nitrogens is 2. The molecular formula is C9H14N4O3S. The molecule has 17 heavy (non-hydrogen) atoms. The summed E-state index contributed by atoms with van der Waals surface area (Å²) in [5.41, 5.74) is 0. The lowest BCUT2D eigenvalue weighted by Gasteiger charge is -2.11. The van der Waals surface area contributed by atoms with Gasteiger partial charge in [0.25, 0.3) is 0 Å². The number of methoxy groups -OCH3 is 1. The van der Waals surface area contributed by atoms with Crippen molar-refractivity contribution in [2.45, 2.75) is 19.9 Å². The number of amides is 2. The Kier molecular flexibility index (Phi) is 4.98. The Bertz CT molecular complexity index is 407. The zero-order valence-corrected chi connectivity index (χ0v) is 10.6. The van der Waals surface area contributed by atoms with Crippen molar-refractivity contribution in [3.63, 3.8) is 0 Å². The molecule has 0 aliphatic carbocycles. The molecule has 0 saturated carbocycles. The largest absolute Gasteiger partial charge is 0.383 e. The summed E-state index contributed by atoms with van der Waals surface area (Å²) in [5, 5.41) is 13.3. The standard InChI is InChI=1S/C9H14N4O3S/c1-5(4-16-3)10-7(14)8(15)11-9-13-12-6(2)17-9/h5H,4H2,1-3H3,(H,10,14)(H,11,13,15)/t5-/m1/s1. The molecular weight excluding hydrogens is 244 g/mol. The molecule has 0 unspecified atom stereocenters. The first-order chi connectivity index (χ1) is 8.02. The monoisotopic (exact) mass is 258 g/mol. The van der Waals surface area contributed by atoms with E-state index >= 15 is 0 Å². The summed E-state index contributed by atoms with van der Waals surface area (Å²) in [5.74, 6) is -1.48. The lowest BCUT2D eigenvalue weighted by molar-refractivity contribution is -0.136. The van der Waals surface area contributed by atoms with E-state index in [0.29, 0.717) is 16.7 Å². The number of carbonyl (C=O) groups excluding carboxylic acids is 2. The third-order valence-corrected chi connectivity index (χ3v) is 2.50. The number of aryl methyl sites for hydroxylation is 1. The second kappa shape index (κ2) is 6.26. The Morgan fingerprint density at radius 3 is 2.65 bits per heavy atom. The highest BCUT2D eigenvalue weighted by molar-refractivity contribution is 7.15. The van der Waals surface area contributed by atoms with Crippen LogP contribution >= 0.6 is 11.3 Å². The smallest absolute Gasteiger partial charge is 0.315 e. The Hall–Kier alpha value is -1.54. The van der Waals surface area contributed by atoms with Crippen LogP contribution in [0, 0.1) is 6.92 Å². The van der Waals surface area contributed by atoms with E-state index in [1.54, 1.807) is 13.8 Å². The Morgan fingerprint density at radius 2 is 2.12 bits per heavy atom. The molecule has 0 aliphatic rings. The molecule has 7 nitrogen and oxygen atoms in total. The van der Waals surface area contributed by atoms with Crippen molar-refractivity contribution in [2.24, 2.45) is 0 Å². The molecule has 1 atom stereocenters. The van der Waals surface area contributed by atoms with E-state index in [0.717, 1.165) is 0 Å². The quantitative estimate of drug-likeness (QED) is 0.738. The summed E-state index contributed by atoms with van der Waals surface area (Å²) in [6, 6.07) is -0.227. The Morgan fingerprint density at radius 1 is 1.41 bits per heavy atom. The third kappa shape index (κ3) is 4.45. The van der Waals surface area contributed by atoms with Gasteiger partial charge in [-0.2, -0.15) is 0 Å². The van der Waals surface area contributed by atoms with Gasteiger partial charge in [0.05, 0.1) is 6.61 Å². The zero-order valence-electron chi connectivity index (χ0n) is 9.81. The van der Waals surface area contributed by atoms with E-state index in [-0.39, 0.29) is 6.04 Å². The van der Waals surface area contributed by atoms with E-state index in [1.165, 1.54) is 18.4 Å². The van der Waals surface area contributed by atoms with Crippen LogP contribution in [-0.2, 0) is 14.3 Å². The van der Waals surface area contributed by atoms with Crippen LogP contribution in [0.2, 0.25) is 0 Å². The van der Waals surface area contributed by atoms with Gasteiger partial charge in [-0.3, -0.25) is 14.9 Å². The molecule has 0 bridgehead atoms. The number of nitrogens with zero attached hydrogens (tertiary/aromatic N) is 2. The molecule has 2 amide bonds. The summed E-state index contributed by atoms with van der Waals surface area (Å²) >= 11 is 1.20. The maximum atomic E-state index is 11.4. The minimum atomic E-state index is -0.760. The van der Waals surface area contributed by atoms with Crippen molar-refractivity contribution >= 4 is 28.3 Å². The van der Waals surface area contributed by atoms with Crippen molar-refractivity contribution in [2.75, 3.05) is 19.0 Å². The van der Waals surface area contributed by atoms with Gasteiger partial charge in [-0.05, 0) is 13.8 Å². The molecule has 1 aromatic rings. The molecule has 0 radical (unpaired) electrons. The van der Waals surface area contributed by atoms with E-state index in [9.17, 15) is 9.59 Å². The normalized spacial score (nSPS) is 11.9. The molecule has 0 fully saturated rings. The zero-order chi connectivity index (χ0) is 12.8. The van der Waals surface area contributed by atoms with Crippen molar-refractivity contribution in [3.05, 3.63) is 5.01 Å². The number of ether oxygens (including phenoxy) is 1. The molecule has 94 valence electrons. The van der Waals surface area contributed by atoms with Crippen LogP contribution in [0.15, 0.2) is 0 Å². The van der Waals surface area contributed by atoms with Gasteiger partial charge in [0.2, 0.25) is 5.13 Å². The fraction of sp³-hybridized carbons (Fsp3) is 0.556. The average Bonchev–Trinajstić information content (AvgIpc) is 2.64. The highest BCUT2D eigenvalue weighted by Crippen LogP contribution is 2.13. The maximum Gasteiger partial charge on any atom is 0.315 e. The van der Waals surface area contributed by atoms with Gasteiger partial charge in [-0.25, -0.2) is 0 Å². The van der Waals surface area contributed by atoms with Gasteiger partial charge >= 0.3 is 11.8 Å². The summed E-state index contributed by atoms with van der Waals surface area (Å²) < 4.78 is 4.84. The van der Waals surface area contributed by atoms with Crippen LogP contribution in [0.3, 0.4) is 0 Å². The Labute approximate surface area is 103 Å². The van der Waals surface area contributed by atoms with Crippen LogP contribution in [0.5, 0.6) is 0 Å². The molecule has 0 aliphatic heterocycles. The van der Waals surface area contributed by atoms with Gasteiger partial charge in [-0.15, -0.1) is 10.2 Å². The van der Waals surface area contributed by atoms with E-state index < -0.39 is 11.8 Å². The minimum Gasteiger partial charge on any atom is -0.383 e. The predicted octanol–water partition coefficient (Wildman–Crippen LogP) is -0.0639. The predicted molar refractivity (Wildman–Crippen MR) is 62.8 cm³/mol. The topological polar surface area (TPSA) is 93.2 Å². The molecule has 1 aromatic heterocycles. The van der Waals surface area contributed by atoms with Crippen molar-refractivity contribution in [1.29, 1.82) is 0 Å². The molecule has 0 aromatic carbocycles. The van der Waals surface area contributed by atoms with Gasteiger partial charge in [0.15, 0.2) is 0 Å². The number of hydrogen-bond donors (Lipinski definition) is 2. The number of nitrogens with one attached hydrogen (secondary N) is 2. The van der Waals surface area contributed by atoms with E-state index in [2.05, 4.69) is 20.8 Å². The minimum absolute atomic E-state index is 0.227. The lowest BCUT2D eigenvalue weighted by Crippen LogP contribution is -2.42. The number of carbonyl (C=O) groups is 2. The van der Waals surface area contributed by atoms with Crippen molar-refractivity contribution in [3.8, 4) is 0 Å². The number of rotatable bonds is 4. The summed E-state index contributed by atoms with van der Waals surface area (Å²) in [4.78, 5) is 22.9. The van der Waals surface area contributed by atoms with Crippen molar-refractivity contribution < 1.29 is 14.3 Å². The van der Waals surface area contributed by atoms with E-state index in [4.69, 9.17) is 4.74 Å². The molecule has 0 spiro atoms. The highest BCUT2D eigenvalue weighted by atomic mass is 32.1. The highest BCUT2D eigenvalue weighted by Gasteiger charge is 2.17. The third-order valence-electron chi connectivity index (χ3n) is 1.75. The van der Waals surface area contributed by atoms with Gasteiger partial charge < -0.3 is 10.1 Å². The first kappa shape index (κ1) is 13.5. The van der Waals surface area contributed by atoms with Crippen LogP contribution in [0.1, 0.15) is 11.9 Å². The fourth-order valence-electron chi connectivity index (χ4n) is 1.08. The van der Waals surface area contributed by atoms with Gasteiger partial charge in [0.1, 0.15) is 5.01 Å². The van der Waals surface area contributed by atoms with Crippen LogP contribution < -0.4 is 10.6 Å². The molecule has 1 rings (SSSR count). The maximum absolute atomic E-state index is 11.4.